The first-order valence-electron chi connectivity index (χ1n) is 31.2. The second kappa shape index (κ2) is 54.8. The number of quaternary nitrogens is 1. The SMILES string of the molecule is CC/C=C\C/C=C\C/C=C\C/C=C\C/C=C\CCCC(=O)NC(COP(=O)([O-])OCC[N+](C)(C)C)C(/C=C/CCCCCCCCCCC)OC(=O)CCCCCCCCCCCCCCCCCCCCCCC. The van der Waals surface area contributed by atoms with Crippen LogP contribution in [0.3, 0.4) is 0 Å². The molecular formula is C65H119N2O7P. The first-order chi connectivity index (χ1) is 36.4. The van der Waals surface area contributed by atoms with Gasteiger partial charge in [0, 0.05) is 12.8 Å². The molecule has 1 N–H and O–H groups in total. The number of unbranched alkanes of at least 4 members (excludes halogenated alkanes) is 30. The zero-order valence-corrected chi connectivity index (χ0v) is 50.6. The molecular weight excluding hydrogens is 952 g/mol. The number of phosphoric ester groups is 1. The number of phosphoric acid groups is 1. The van der Waals surface area contributed by atoms with E-state index in [9.17, 15) is 19.0 Å². The Kier molecular flexibility index (Phi) is 52.9. The van der Waals surface area contributed by atoms with Gasteiger partial charge in [-0.1, -0.05) is 267 Å². The van der Waals surface area contributed by atoms with E-state index in [0.29, 0.717) is 17.4 Å². The lowest BCUT2D eigenvalue weighted by Crippen LogP contribution is -2.47. The Balaban J connectivity index is 5.24. The summed E-state index contributed by atoms with van der Waals surface area (Å²) < 4.78 is 30.3. The molecule has 0 saturated carbocycles. The molecule has 0 aliphatic carbocycles. The average Bonchev–Trinajstić information content (AvgIpc) is 3.37. The fourth-order valence-electron chi connectivity index (χ4n) is 8.85. The summed E-state index contributed by atoms with van der Waals surface area (Å²) in [7, 11) is 1.15. The molecule has 0 fully saturated rings. The Morgan fingerprint density at radius 1 is 0.480 bits per heavy atom. The largest absolute Gasteiger partial charge is 0.756 e. The molecule has 0 aromatic rings. The topological polar surface area (TPSA) is 114 Å². The van der Waals surface area contributed by atoms with E-state index >= 15 is 0 Å². The third-order valence-electron chi connectivity index (χ3n) is 13.7. The number of amides is 1. The molecule has 1 amide bonds. The summed E-state index contributed by atoms with van der Waals surface area (Å²) in [6.45, 7) is 6.70. The molecule has 0 aliphatic heterocycles. The maximum absolute atomic E-state index is 13.5. The van der Waals surface area contributed by atoms with Gasteiger partial charge in [-0.2, -0.15) is 0 Å². The van der Waals surface area contributed by atoms with E-state index in [1.54, 1.807) is 0 Å². The molecule has 75 heavy (non-hydrogen) atoms. The highest BCUT2D eigenvalue weighted by Gasteiger charge is 2.27. The fourth-order valence-corrected chi connectivity index (χ4v) is 9.58. The monoisotopic (exact) mass is 1070 g/mol. The van der Waals surface area contributed by atoms with Crippen LogP contribution in [0.25, 0.3) is 0 Å². The van der Waals surface area contributed by atoms with Crippen molar-refractivity contribution in [3.05, 3.63) is 72.9 Å². The van der Waals surface area contributed by atoms with Crippen molar-refractivity contribution in [2.24, 2.45) is 0 Å². The molecule has 10 heteroatoms. The number of allylic oxidation sites excluding steroid dienone is 11. The van der Waals surface area contributed by atoms with Gasteiger partial charge >= 0.3 is 5.97 Å². The Morgan fingerprint density at radius 2 is 0.867 bits per heavy atom. The number of hydrogen-bond acceptors (Lipinski definition) is 7. The Labute approximate surface area is 463 Å². The molecule has 0 aromatic heterocycles. The van der Waals surface area contributed by atoms with E-state index in [2.05, 4.69) is 86.8 Å². The predicted molar refractivity (Wildman–Crippen MR) is 321 cm³/mol. The summed E-state index contributed by atoms with van der Waals surface area (Å²) in [6.07, 6.45) is 70.3. The minimum Gasteiger partial charge on any atom is -0.756 e. The van der Waals surface area contributed by atoms with Crippen molar-refractivity contribution in [1.82, 2.24) is 5.32 Å². The van der Waals surface area contributed by atoms with Gasteiger partial charge in [0.15, 0.2) is 0 Å². The Morgan fingerprint density at radius 3 is 1.29 bits per heavy atom. The predicted octanol–water partition coefficient (Wildman–Crippen LogP) is 18.6. The summed E-state index contributed by atoms with van der Waals surface area (Å²) in [6, 6.07) is -0.918. The number of likely N-dealkylation sites (N-methyl/N-ethyl adjacent to an activating group) is 1. The number of carbonyl (C=O) groups is 2. The van der Waals surface area contributed by atoms with Gasteiger partial charge in [0.2, 0.25) is 5.91 Å². The normalized spacial score (nSPS) is 14.2. The second-order valence-electron chi connectivity index (χ2n) is 22.2. The highest BCUT2D eigenvalue weighted by atomic mass is 31.2. The van der Waals surface area contributed by atoms with Crippen LogP contribution in [0.5, 0.6) is 0 Å². The molecule has 0 bridgehead atoms. The van der Waals surface area contributed by atoms with Crippen LogP contribution in [-0.4, -0.2) is 69.4 Å². The third-order valence-corrected chi connectivity index (χ3v) is 14.6. The van der Waals surface area contributed by atoms with E-state index in [4.69, 9.17) is 13.8 Å². The summed E-state index contributed by atoms with van der Waals surface area (Å²) in [5.74, 6) is -0.604. The van der Waals surface area contributed by atoms with Crippen molar-refractivity contribution in [3.8, 4) is 0 Å². The summed E-state index contributed by atoms with van der Waals surface area (Å²) in [5, 5.41) is 2.99. The summed E-state index contributed by atoms with van der Waals surface area (Å²) in [5.41, 5.74) is 0. The number of carbonyl (C=O) groups excluding carboxylic acids is 2. The van der Waals surface area contributed by atoms with Gasteiger partial charge in [-0.3, -0.25) is 14.2 Å². The lowest BCUT2D eigenvalue weighted by Gasteiger charge is -2.30. The highest BCUT2D eigenvalue weighted by molar-refractivity contribution is 7.45. The maximum atomic E-state index is 13.5. The maximum Gasteiger partial charge on any atom is 0.306 e. The zero-order valence-electron chi connectivity index (χ0n) is 49.7. The molecule has 0 radical (unpaired) electrons. The molecule has 3 unspecified atom stereocenters. The molecule has 0 aromatic carbocycles. The molecule has 0 saturated heterocycles. The minimum absolute atomic E-state index is 0.0341. The number of nitrogens with zero attached hydrogens (tertiary/aromatic N) is 1. The minimum atomic E-state index is -4.71. The molecule has 436 valence electrons. The van der Waals surface area contributed by atoms with E-state index in [1.165, 1.54) is 161 Å². The number of rotatable bonds is 56. The number of hydrogen-bond donors (Lipinski definition) is 1. The number of ether oxygens (including phenoxy) is 1. The van der Waals surface area contributed by atoms with Crippen LogP contribution in [0.15, 0.2) is 72.9 Å². The van der Waals surface area contributed by atoms with E-state index in [1.807, 2.05) is 33.3 Å². The molecule has 0 rings (SSSR count). The van der Waals surface area contributed by atoms with Crippen molar-refractivity contribution in [2.75, 3.05) is 40.9 Å². The molecule has 3 atom stereocenters. The fraction of sp³-hybridized carbons (Fsp3) is 0.785. The molecule has 0 aliphatic rings. The summed E-state index contributed by atoms with van der Waals surface area (Å²) in [4.78, 5) is 39.9. The second-order valence-corrected chi connectivity index (χ2v) is 23.6. The van der Waals surface area contributed by atoms with Gasteiger partial charge < -0.3 is 28.5 Å². The lowest BCUT2D eigenvalue weighted by atomic mass is 10.0. The molecule has 0 heterocycles. The first kappa shape index (κ1) is 72.5. The molecule has 9 nitrogen and oxygen atoms in total. The zero-order chi connectivity index (χ0) is 55.0. The van der Waals surface area contributed by atoms with E-state index < -0.39 is 26.6 Å². The van der Waals surface area contributed by atoms with Crippen molar-refractivity contribution in [2.45, 2.75) is 290 Å². The van der Waals surface area contributed by atoms with Crippen LogP contribution in [0.2, 0.25) is 0 Å². The van der Waals surface area contributed by atoms with Crippen molar-refractivity contribution in [1.29, 1.82) is 0 Å². The van der Waals surface area contributed by atoms with Crippen molar-refractivity contribution in [3.63, 3.8) is 0 Å². The smallest absolute Gasteiger partial charge is 0.306 e. The number of esters is 1. The number of nitrogens with one attached hydrogen (secondary N) is 1. The van der Waals surface area contributed by atoms with Gasteiger partial charge in [-0.15, -0.1) is 0 Å². The van der Waals surface area contributed by atoms with Crippen LogP contribution >= 0.6 is 7.82 Å². The van der Waals surface area contributed by atoms with Gasteiger partial charge in [0.05, 0.1) is 33.8 Å². The van der Waals surface area contributed by atoms with Crippen LogP contribution in [-0.2, 0) is 27.9 Å². The first-order valence-corrected chi connectivity index (χ1v) is 32.7. The Hall–Kier alpha value is -2.55. The van der Waals surface area contributed by atoms with Gasteiger partial charge in [-0.05, 0) is 70.3 Å². The standard InChI is InChI=1S/C65H119N2O7P/c1-7-10-13-16-19-22-25-27-29-31-32-33-34-36-38-40-43-46-49-52-55-58-65(69)74-63(56-53-50-47-44-41-24-21-18-15-12-9-3)62(61-73-75(70,71)72-60-59-67(4,5)6)66-64(68)57-54-51-48-45-42-39-37-35-30-28-26-23-20-17-14-11-8-2/h11,14,20,23,28,30,37,39,45,48,53,56,62-63H,7-10,12-13,15-19,21-22,24-27,29,31-36,38,40-44,46-47,49-52,54-55,57-61H2,1-6H3,(H-,66,68,70,71)/b14-11-,23-20-,30-28-,39-37-,48-45-,56-53+. The average molecular weight is 1070 g/mol. The van der Waals surface area contributed by atoms with Crippen molar-refractivity contribution < 1.29 is 37.3 Å². The van der Waals surface area contributed by atoms with Gasteiger partial charge in [-0.25, -0.2) is 0 Å². The lowest BCUT2D eigenvalue weighted by molar-refractivity contribution is -0.870. The van der Waals surface area contributed by atoms with Crippen molar-refractivity contribution >= 4 is 19.7 Å². The van der Waals surface area contributed by atoms with E-state index in [-0.39, 0.29) is 31.3 Å². The van der Waals surface area contributed by atoms with Gasteiger partial charge in [0.1, 0.15) is 19.3 Å². The van der Waals surface area contributed by atoms with Crippen LogP contribution < -0.4 is 10.2 Å². The van der Waals surface area contributed by atoms with Crippen LogP contribution in [0, 0.1) is 0 Å². The summed E-state index contributed by atoms with van der Waals surface area (Å²) >= 11 is 0. The quantitative estimate of drug-likeness (QED) is 0.0212. The van der Waals surface area contributed by atoms with Crippen LogP contribution in [0.1, 0.15) is 278 Å². The van der Waals surface area contributed by atoms with Crippen LogP contribution in [0.4, 0.5) is 0 Å². The Bertz CT molecular complexity index is 1510. The van der Waals surface area contributed by atoms with E-state index in [0.717, 1.165) is 77.0 Å². The third kappa shape index (κ3) is 56.0. The van der Waals surface area contributed by atoms with Gasteiger partial charge in [0.25, 0.3) is 7.82 Å². The molecule has 0 spiro atoms. The highest BCUT2D eigenvalue weighted by Crippen LogP contribution is 2.38.